The van der Waals surface area contributed by atoms with Crippen molar-refractivity contribution in [3.8, 4) is 11.6 Å². The third kappa shape index (κ3) is 1.48. The molecule has 0 amide bonds. The normalized spacial score (nSPS) is 10.2. The summed E-state index contributed by atoms with van der Waals surface area (Å²) in [4.78, 5) is 3.97. The first kappa shape index (κ1) is 7.72. The molecule has 2 rings (SSSR count). The number of nitrogens with two attached hydrogens (primary N) is 1. The van der Waals surface area contributed by atoms with Gasteiger partial charge in [0, 0.05) is 0 Å². The molecule has 0 fully saturated rings. The Kier molecular flexibility index (Phi) is 1.70. The van der Waals surface area contributed by atoms with Crippen molar-refractivity contribution in [3.05, 3.63) is 24.1 Å². The largest absolute Gasteiger partial charge is 0.458 e. The predicted molar refractivity (Wildman–Crippen MR) is 46.7 cm³/mol. The van der Waals surface area contributed by atoms with Gasteiger partial charge in [-0.15, -0.1) is 5.10 Å². The van der Waals surface area contributed by atoms with Gasteiger partial charge in [0.15, 0.2) is 5.76 Å². The van der Waals surface area contributed by atoms with Gasteiger partial charge in [0.05, 0.1) is 6.20 Å². The van der Waals surface area contributed by atoms with Crippen LogP contribution < -0.4 is 5.73 Å². The Labute approximate surface area is 74.6 Å². The van der Waals surface area contributed by atoms with Crippen LogP contribution >= 0.6 is 0 Å². The van der Waals surface area contributed by atoms with Crippen LogP contribution in [0, 0.1) is 6.92 Å². The molecule has 2 heterocycles. The molecule has 0 bridgehead atoms. The molecule has 0 aliphatic heterocycles. The van der Waals surface area contributed by atoms with Crippen molar-refractivity contribution in [2.24, 2.45) is 0 Å². The van der Waals surface area contributed by atoms with Gasteiger partial charge in [-0.1, -0.05) is 0 Å². The maximum absolute atomic E-state index is 5.45. The van der Waals surface area contributed by atoms with E-state index in [1.54, 1.807) is 6.07 Å². The summed E-state index contributed by atoms with van der Waals surface area (Å²) in [5.74, 6) is 2.13. The number of hydrogen-bond acceptors (Lipinski definition) is 5. The average Bonchev–Trinajstić information content (AvgIpc) is 2.52. The van der Waals surface area contributed by atoms with E-state index in [-0.39, 0.29) is 0 Å². The van der Waals surface area contributed by atoms with Gasteiger partial charge in [-0.05, 0) is 19.1 Å². The van der Waals surface area contributed by atoms with Gasteiger partial charge < -0.3 is 10.2 Å². The number of aryl methyl sites for hydroxylation is 1. The third-order valence-corrected chi connectivity index (χ3v) is 1.54. The highest BCUT2D eigenvalue weighted by molar-refractivity contribution is 5.48. The van der Waals surface area contributed by atoms with Crippen LogP contribution in [-0.2, 0) is 0 Å². The second kappa shape index (κ2) is 2.85. The number of rotatable bonds is 1. The molecule has 0 saturated carbocycles. The zero-order chi connectivity index (χ0) is 9.26. The lowest BCUT2D eigenvalue weighted by atomic mass is 10.4. The van der Waals surface area contributed by atoms with Crippen LogP contribution in [0.3, 0.4) is 0 Å². The van der Waals surface area contributed by atoms with Crippen molar-refractivity contribution in [2.75, 3.05) is 5.73 Å². The van der Waals surface area contributed by atoms with Gasteiger partial charge in [0.1, 0.15) is 11.6 Å². The van der Waals surface area contributed by atoms with E-state index in [0.29, 0.717) is 17.4 Å². The Hall–Kier alpha value is -1.91. The maximum Gasteiger partial charge on any atom is 0.219 e. The lowest BCUT2D eigenvalue weighted by Crippen LogP contribution is -1.96. The molecule has 2 N–H and O–H groups in total. The Balaban J connectivity index is 2.46. The summed E-state index contributed by atoms with van der Waals surface area (Å²) in [6.07, 6.45) is 1.39. The fraction of sp³-hybridized carbons (Fsp3) is 0.125. The molecule has 0 aliphatic rings. The molecule has 2 aromatic heterocycles. The van der Waals surface area contributed by atoms with Crippen LogP contribution in [0.25, 0.3) is 11.6 Å². The first-order valence-electron chi connectivity index (χ1n) is 3.78. The van der Waals surface area contributed by atoms with Crippen LogP contribution in [0.5, 0.6) is 0 Å². The first-order valence-corrected chi connectivity index (χ1v) is 3.78. The van der Waals surface area contributed by atoms with Crippen molar-refractivity contribution in [3.63, 3.8) is 0 Å². The van der Waals surface area contributed by atoms with E-state index in [1.165, 1.54) is 6.20 Å². The molecule has 5 heteroatoms. The zero-order valence-electron chi connectivity index (χ0n) is 7.06. The van der Waals surface area contributed by atoms with Crippen molar-refractivity contribution in [1.82, 2.24) is 15.2 Å². The summed E-state index contributed by atoms with van der Waals surface area (Å²) >= 11 is 0. The summed E-state index contributed by atoms with van der Waals surface area (Å²) < 4.78 is 5.30. The topological polar surface area (TPSA) is 77.8 Å². The Morgan fingerprint density at radius 3 is 2.85 bits per heavy atom. The van der Waals surface area contributed by atoms with Gasteiger partial charge in [0.25, 0.3) is 0 Å². The van der Waals surface area contributed by atoms with Gasteiger partial charge in [-0.2, -0.15) is 5.10 Å². The molecule has 0 saturated heterocycles. The van der Waals surface area contributed by atoms with E-state index in [2.05, 4.69) is 15.2 Å². The predicted octanol–water partition coefficient (Wildman–Crippen LogP) is 1.02. The van der Waals surface area contributed by atoms with Crippen molar-refractivity contribution in [2.45, 2.75) is 6.92 Å². The number of nitrogens with zero attached hydrogens (tertiary/aromatic N) is 3. The summed E-state index contributed by atoms with van der Waals surface area (Å²) in [7, 11) is 0. The van der Waals surface area contributed by atoms with Crippen molar-refractivity contribution < 1.29 is 4.42 Å². The Morgan fingerprint density at radius 1 is 1.38 bits per heavy atom. The minimum Gasteiger partial charge on any atom is -0.458 e. The quantitative estimate of drug-likeness (QED) is 0.701. The minimum absolute atomic E-state index is 0.332. The molecule has 0 aromatic carbocycles. The summed E-state index contributed by atoms with van der Waals surface area (Å²) in [5.41, 5.74) is 5.45. The minimum atomic E-state index is 0.332. The van der Waals surface area contributed by atoms with Gasteiger partial charge in [-0.3, -0.25) is 0 Å². The van der Waals surface area contributed by atoms with E-state index in [4.69, 9.17) is 10.2 Å². The van der Waals surface area contributed by atoms with Crippen LogP contribution in [0.15, 0.2) is 22.7 Å². The van der Waals surface area contributed by atoms with Gasteiger partial charge in [0.2, 0.25) is 5.82 Å². The van der Waals surface area contributed by atoms with E-state index < -0.39 is 0 Å². The van der Waals surface area contributed by atoms with Crippen LogP contribution in [0.2, 0.25) is 0 Å². The third-order valence-electron chi connectivity index (χ3n) is 1.54. The maximum atomic E-state index is 5.45. The Morgan fingerprint density at radius 2 is 2.23 bits per heavy atom. The Bertz CT molecular complexity index is 424. The SMILES string of the molecule is Cc1ccc(-c2nncc(N)n2)o1. The lowest BCUT2D eigenvalue weighted by molar-refractivity contribution is 0.543. The van der Waals surface area contributed by atoms with E-state index in [9.17, 15) is 0 Å². The fourth-order valence-electron chi connectivity index (χ4n) is 0.975. The lowest BCUT2D eigenvalue weighted by Gasteiger charge is -1.94. The first-order chi connectivity index (χ1) is 6.25. The van der Waals surface area contributed by atoms with Gasteiger partial charge >= 0.3 is 0 Å². The highest BCUT2D eigenvalue weighted by Crippen LogP contribution is 2.17. The zero-order valence-corrected chi connectivity index (χ0v) is 7.06. The van der Waals surface area contributed by atoms with Crippen LogP contribution in [-0.4, -0.2) is 15.2 Å². The standard InChI is InChI=1S/C8H8N4O/c1-5-2-3-6(13-5)8-11-7(9)4-10-12-8/h2-4H,1H3,(H2,9,11,12). The molecule has 0 atom stereocenters. The molecule has 0 radical (unpaired) electrons. The number of aromatic nitrogens is 3. The molecule has 13 heavy (non-hydrogen) atoms. The number of furan rings is 1. The monoisotopic (exact) mass is 176 g/mol. The van der Waals surface area contributed by atoms with Gasteiger partial charge in [-0.25, -0.2) is 4.98 Å². The average molecular weight is 176 g/mol. The molecular weight excluding hydrogens is 168 g/mol. The number of anilines is 1. The highest BCUT2D eigenvalue weighted by Gasteiger charge is 2.05. The second-order valence-electron chi connectivity index (χ2n) is 2.62. The molecule has 5 nitrogen and oxygen atoms in total. The van der Waals surface area contributed by atoms with E-state index in [0.717, 1.165) is 5.76 Å². The van der Waals surface area contributed by atoms with Crippen molar-refractivity contribution >= 4 is 5.82 Å². The molecule has 66 valence electrons. The van der Waals surface area contributed by atoms with Crippen LogP contribution in [0.4, 0.5) is 5.82 Å². The summed E-state index contributed by atoms with van der Waals surface area (Å²) in [5, 5.41) is 7.46. The second-order valence-corrected chi connectivity index (χ2v) is 2.62. The van der Waals surface area contributed by atoms with Crippen molar-refractivity contribution in [1.29, 1.82) is 0 Å². The molecule has 0 unspecified atom stereocenters. The van der Waals surface area contributed by atoms with E-state index in [1.807, 2.05) is 13.0 Å². The molecule has 2 aromatic rings. The summed E-state index contributed by atoms with van der Waals surface area (Å²) in [6, 6.07) is 3.62. The molecular formula is C8H8N4O. The smallest absolute Gasteiger partial charge is 0.219 e. The number of nitrogen functional groups attached to an aromatic ring is 1. The summed E-state index contributed by atoms with van der Waals surface area (Å²) in [6.45, 7) is 1.85. The number of hydrogen-bond donors (Lipinski definition) is 1. The molecule has 0 spiro atoms. The van der Waals surface area contributed by atoms with Crippen LogP contribution in [0.1, 0.15) is 5.76 Å². The van der Waals surface area contributed by atoms with E-state index >= 15 is 0 Å². The molecule has 0 aliphatic carbocycles. The fourth-order valence-corrected chi connectivity index (χ4v) is 0.975. The highest BCUT2D eigenvalue weighted by atomic mass is 16.3.